The molecule has 0 aromatic carbocycles. The van der Waals surface area contributed by atoms with Crippen LogP contribution >= 0.6 is 0 Å². The second kappa shape index (κ2) is 10.0. The SMILES string of the molecule is CO[C@@H]([C@H]1C[C@@H](C)[C@H]2[C@H](O1)[C@H](O)[C@@]1(C)[C@@H]3CC[C@H]4C(C)(C)[C@@H](OC(=O)N5CCOCC5)CC[C@@]45C[C@@]35CC[C@]21C)C(C)(C)O. The number of fused-ring (bicyclic) bond motifs is 4. The first kappa shape index (κ1) is 31.7. The van der Waals surface area contributed by atoms with Gasteiger partial charge in [-0.25, -0.2) is 4.79 Å². The van der Waals surface area contributed by atoms with Crippen LogP contribution in [0.1, 0.15) is 99.8 Å². The van der Waals surface area contributed by atoms with Crippen LogP contribution in [-0.2, 0) is 18.9 Å². The van der Waals surface area contributed by atoms with Gasteiger partial charge < -0.3 is 34.1 Å². The van der Waals surface area contributed by atoms with Crippen LogP contribution in [-0.4, -0.2) is 90.7 Å². The van der Waals surface area contributed by atoms with Crippen molar-refractivity contribution in [3.8, 4) is 0 Å². The monoisotopic (exact) mass is 617 g/mol. The molecule has 0 radical (unpaired) electrons. The molecule has 0 aromatic rings. The molecular weight excluding hydrogens is 558 g/mol. The molecule has 7 rings (SSSR count). The van der Waals surface area contributed by atoms with E-state index in [4.69, 9.17) is 18.9 Å². The van der Waals surface area contributed by atoms with Crippen molar-refractivity contribution in [1.82, 2.24) is 4.90 Å². The van der Waals surface area contributed by atoms with E-state index in [2.05, 4.69) is 34.6 Å². The topological polar surface area (TPSA) is 97.7 Å². The third kappa shape index (κ3) is 3.96. The number of amides is 1. The van der Waals surface area contributed by atoms with Crippen molar-refractivity contribution in [1.29, 1.82) is 0 Å². The van der Waals surface area contributed by atoms with Gasteiger partial charge in [0.1, 0.15) is 12.2 Å². The third-order valence-corrected chi connectivity index (χ3v) is 15.6. The van der Waals surface area contributed by atoms with Crippen molar-refractivity contribution in [2.24, 2.45) is 50.7 Å². The van der Waals surface area contributed by atoms with Gasteiger partial charge in [-0.15, -0.1) is 0 Å². The number of rotatable bonds is 4. The minimum atomic E-state index is -1.03. The molecular formula is C36H59NO7. The minimum absolute atomic E-state index is 0.00822. The van der Waals surface area contributed by atoms with E-state index < -0.39 is 17.8 Å². The van der Waals surface area contributed by atoms with Crippen LogP contribution in [0, 0.1) is 50.7 Å². The summed E-state index contributed by atoms with van der Waals surface area (Å²) in [6, 6.07) is 0. The number of morpholine rings is 1. The highest BCUT2D eigenvalue weighted by atomic mass is 16.6. The van der Waals surface area contributed by atoms with Crippen LogP contribution < -0.4 is 0 Å². The summed E-state index contributed by atoms with van der Waals surface area (Å²) in [6.45, 7) is 17.9. The number of nitrogens with zero attached hydrogens (tertiary/aromatic N) is 1. The van der Waals surface area contributed by atoms with Crippen LogP contribution in [0.3, 0.4) is 0 Å². The average molecular weight is 618 g/mol. The molecule has 2 N–H and O–H groups in total. The molecule has 0 bridgehead atoms. The van der Waals surface area contributed by atoms with Gasteiger partial charge in [0.2, 0.25) is 0 Å². The lowest BCUT2D eigenvalue weighted by Crippen LogP contribution is -2.60. The zero-order valence-corrected chi connectivity index (χ0v) is 28.6. The first-order valence-electron chi connectivity index (χ1n) is 17.7. The first-order valence-corrected chi connectivity index (χ1v) is 17.7. The van der Waals surface area contributed by atoms with Gasteiger partial charge in [-0.2, -0.15) is 0 Å². The largest absolute Gasteiger partial charge is 0.446 e. The molecule has 7 fully saturated rings. The number of hydrogen-bond donors (Lipinski definition) is 2. The fraction of sp³-hybridized carbons (Fsp3) is 0.972. The maximum absolute atomic E-state index is 13.1. The second-order valence-electron chi connectivity index (χ2n) is 17.8. The van der Waals surface area contributed by atoms with E-state index in [-0.39, 0.29) is 57.4 Å². The Bertz CT molecular complexity index is 1150. The molecule has 2 spiro atoms. The fourth-order valence-corrected chi connectivity index (χ4v) is 13.6. The van der Waals surface area contributed by atoms with Gasteiger partial charge >= 0.3 is 6.09 Å². The van der Waals surface area contributed by atoms with Crippen LogP contribution in [0.15, 0.2) is 0 Å². The van der Waals surface area contributed by atoms with E-state index in [1.54, 1.807) is 21.0 Å². The maximum atomic E-state index is 13.1. The lowest BCUT2D eigenvalue weighted by atomic mass is 9.41. The summed E-state index contributed by atoms with van der Waals surface area (Å²) in [5.74, 6) is 1.63. The van der Waals surface area contributed by atoms with Gasteiger partial charge in [0.05, 0.1) is 37.1 Å². The van der Waals surface area contributed by atoms with E-state index >= 15 is 0 Å². The summed E-state index contributed by atoms with van der Waals surface area (Å²) in [4.78, 5) is 15.0. The van der Waals surface area contributed by atoms with E-state index in [1.165, 1.54) is 12.8 Å². The highest BCUT2D eigenvalue weighted by Crippen LogP contribution is 2.89. The summed E-state index contributed by atoms with van der Waals surface area (Å²) in [5.41, 5.74) is -0.835. The predicted molar refractivity (Wildman–Crippen MR) is 166 cm³/mol. The van der Waals surface area contributed by atoms with Crippen LogP contribution in [0.2, 0.25) is 0 Å². The van der Waals surface area contributed by atoms with Gasteiger partial charge in [-0.3, -0.25) is 0 Å². The minimum Gasteiger partial charge on any atom is -0.446 e. The molecule has 0 aromatic heterocycles. The van der Waals surface area contributed by atoms with Gasteiger partial charge in [-0.05, 0) is 105 Å². The van der Waals surface area contributed by atoms with Gasteiger partial charge in [0, 0.05) is 31.0 Å². The summed E-state index contributed by atoms with van der Waals surface area (Å²) in [7, 11) is 1.66. The highest BCUT2D eigenvalue weighted by molar-refractivity contribution is 5.68. The zero-order valence-electron chi connectivity index (χ0n) is 28.6. The number of ether oxygens (including phenoxy) is 4. The van der Waals surface area contributed by atoms with E-state index in [0.29, 0.717) is 44.1 Å². The molecule has 5 saturated carbocycles. The summed E-state index contributed by atoms with van der Waals surface area (Å²) < 4.78 is 24.4. The molecule has 1 amide bonds. The number of hydrogen-bond acceptors (Lipinski definition) is 7. The zero-order chi connectivity index (χ0) is 31.7. The number of methoxy groups -OCH3 is 1. The molecule has 8 heteroatoms. The van der Waals surface area contributed by atoms with Crippen molar-refractivity contribution in [3.05, 3.63) is 0 Å². The predicted octanol–water partition coefficient (Wildman–Crippen LogP) is 5.42. The summed E-state index contributed by atoms with van der Waals surface area (Å²) >= 11 is 0. The van der Waals surface area contributed by atoms with E-state index in [0.717, 1.165) is 38.5 Å². The van der Waals surface area contributed by atoms with Crippen molar-refractivity contribution in [2.45, 2.75) is 136 Å². The number of carbonyl (C=O) groups excluding carboxylic acids is 1. The molecule has 5 aliphatic carbocycles. The van der Waals surface area contributed by atoms with Crippen LogP contribution in [0.4, 0.5) is 4.79 Å². The molecule has 8 nitrogen and oxygen atoms in total. The van der Waals surface area contributed by atoms with Gasteiger partial charge in [0.15, 0.2) is 0 Å². The Morgan fingerprint density at radius 2 is 1.66 bits per heavy atom. The van der Waals surface area contributed by atoms with Crippen molar-refractivity contribution in [2.75, 3.05) is 33.4 Å². The Balaban J connectivity index is 1.14. The van der Waals surface area contributed by atoms with Crippen molar-refractivity contribution >= 4 is 6.09 Å². The molecule has 13 atom stereocenters. The Morgan fingerprint density at radius 3 is 2.32 bits per heavy atom. The molecule has 2 saturated heterocycles. The molecule has 7 aliphatic rings. The fourth-order valence-electron chi connectivity index (χ4n) is 13.6. The lowest BCUT2D eigenvalue weighted by Gasteiger charge is -2.63. The Labute approximate surface area is 264 Å². The van der Waals surface area contributed by atoms with Crippen LogP contribution in [0.25, 0.3) is 0 Å². The van der Waals surface area contributed by atoms with E-state index in [9.17, 15) is 15.0 Å². The number of aliphatic hydroxyl groups is 2. The van der Waals surface area contributed by atoms with Gasteiger partial charge in [-0.1, -0.05) is 34.6 Å². The molecule has 2 aliphatic heterocycles. The summed E-state index contributed by atoms with van der Waals surface area (Å²) in [5, 5.41) is 23.4. The van der Waals surface area contributed by atoms with Gasteiger partial charge in [0.25, 0.3) is 0 Å². The molecule has 0 unspecified atom stereocenters. The lowest BCUT2D eigenvalue weighted by molar-refractivity contribution is -0.209. The molecule has 44 heavy (non-hydrogen) atoms. The third-order valence-electron chi connectivity index (χ3n) is 15.6. The maximum Gasteiger partial charge on any atom is 0.410 e. The standard InChI is InChI=1S/C36H59NO7/c1-21-19-22(29(41-8)32(4,5)40)43-27-26(21)33(6)13-14-36-20-35(36)12-11-25(44-30(39)37-15-17-42-18-16-37)31(2,3)23(35)9-10-24(36)34(33,7)28(27)38/h21-29,38,40H,9-20H2,1-8H3/t21-,22-,23+,24+,25+,26+,27+,28+,29+,33-,34-,35-,36+/m1/s1. The highest BCUT2D eigenvalue weighted by Gasteiger charge is 2.84. The molecule has 2 heterocycles. The van der Waals surface area contributed by atoms with Crippen LogP contribution in [0.5, 0.6) is 0 Å². The average Bonchev–Trinajstić information content (AvgIpc) is 3.59. The second-order valence-corrected chi connectivity index (χ2v) is 17.8. The smallest absolute Gasteiger partial charge is 0.410 e. The first-order chi connectivity index (χ1) is 20.6. The Hall–Kier alpha value is -0.930. The normalized spacial score (nSPS) is 51.6. The summed E-state index contributed by atoms with van der Waals surface area (Å²) in [6.07, 6.45) is 7.01. The van der Waals surface area contributed by atoms with E-state index in [1.807, 2.05) is 4.90 Å². The number of carbonyl (C=O) groups is 1. The number of aliphatic hydroxyl groups excluding tert-OH is 1. The Kier molecular flexibility index (Phi) is 7.22. The van der Waals surface area contributed by atoms with Crippen molar-refractivity contribution in [3.63, 3.8) is 0 Å². The molecule has 250 valence electrons. The quantitative estimate of drug-likeness (QED) is 0.435. The van der Waals surface area contributed by atoms with Crippen molar-refractivity contribution < 1.29 is 34.0 Å². The Morgan fingerprint density at radius 1 is 1.00 bits per heavy atom.